The lowest BCUT2D eigenvalue weighted by atomic mass is 9.79. The zero-order chi connectivity index (χ0) is 16.4. The molecule has 1 fully saturated rings. The SMILES string of the molecule is CCCCCCCC(=O)NNC(=O)[C@@H]1CCCC[C@@H]1C(=O)O. The van der Waals surface area contributed by atoms with Crippen LogP contribution in [0.15, 0.2) is 0 Å². The lowest BCUT2D eigenvalue weighted by molar-refractivity contribution is -0.149. The Morgan fingerprint density at radius 2 is 1.59 bits per heavy atom. The number of rotatable bonds is 8. The van der Waals surface area contributed by atoms with Crippen molar-refractivity contribution in [1.29, 1.82) is 0 Å². The summed E-state index contributed by atoms with van der Waals surface area (Å²) in [5.74, 6) is -2.71. The van der Waals surface area contributed by atoms with Gasteiger partial charge in [0.1, 0.15) is 0 Å². The first-order valence-corrected chi connectivity index (χ1v) is 8.37. The van der Waals surface area contributed by atoms with Crippen molar-refractivity contribution >= 4 is 17.8 Å². The number of hydrogen-bond donors (Lipinski definition) is 3. The Bertz CT molecular complexity index is 384. The third kappa shape index (κ3) is 6.45. The summed E-state index contributed by atoms with van der Waals surface area (Å²) in [5.41, 5.74) is 4.79. The Morgan fingerprint density at radius 3 is 2.23 bits per heavy atom. The van der Waals surface area contributed by atoms with Crippen LogP contribution in [0.3, 0.4) is 0 Å². The Hall–Kier alpha value is -1.59. The average Bonchev–Trinajstić information content (AvgIpc) is 2.52. The number of carbonyl (C=O) groups is 3. The van der Waals surface area contributed by atoms with E-state index in [1.54, 1.807) is 0 Å². The van der Waals surface area contributed by atoms with Crippen molar-refractivity contribution in [1.82, 2.24) is 10.9 Å². The molecule has 0 heterocycles. The highest BCUT2D eigenvalue weighted by Gasteiger charge is 2.35. The van der Waals surface area contributed by atoms with Crippen LogP contribution in [0, 0.1) is 11.8 Å². The predicted octanol–water partition coefficient (Wildman–Crippen LogP) is 2.39. The number of amides is 2. The zero-order valence-electron chi connectivity index (χ0n) is 13.4. The molecule has 6 heteroatoms. The van der Waals surface area contributed by atoms with Crippen LogP contribution in [0.4, 0.5) is 0 Å². The molecule has 1 aliphatic rings. The van der Waals surface area contributed by atoms with Crippen LogP contribution in [0.5, 0.6) is 0 Å². The number of carboxylic acids is 1. The molecule has 1 rings (SSSR count). The number of hydrazine groups is 1. The van der Waals surface area contributed by atoms with E-state index in [0.29, 0.717) is 19.3 Å². The number of hydrogen-bond acceptors (Lipinski definition) is 3. The molecule has 0 aromatic rings. The largest absolute Gasteiger partial charge is 0.481 e. The van der Waals surface area contributed by atoms with E-state index in [9.17, 15) is 14.4 Å². The van der Waals surface area contributed by atoms with Gasteiger partial charge in [-0.1, -0.05) is 45.4 Å². The monoisotopic (exact) mass is 312 g/mol. The fourth-order valence-corrected chi connectivity index (χ4v) is 2.92. The summed E-state index contributed by atoms with van der Waals surface area (Å²) in [5, 5.41) is 9.15. The van der Waals surface area contributed by atoms with Crippen LogP contribution < -0.4 is 10.9 Å². The molecule has 0 spiro atoms. The molecule has 0 unspecified atom stereocenters. The minimum absolute atomic E-state index is 0.215. The van der Waals surface area contributed by atoms with Gasteiger partial charge in [-0.25, -0.2) is 0 Å². The minimum atomic E-state index is -0.929. The van der Waals surface area contributed by atoms with Gasteiger partial charge in [-0.3, -0.25) is 25.2 Å². The molecule has 1 aliphatic carbocycles. The second-order valence-corrected chi connectivity index (χ2v) is 6.04. The van der Waals surface area contributed by atoms with Crippen molar-refractivity contribution in [2.24, 2.45) is 11.8 Å². The fourth-order valence-electron chi connectivity index (χ4n) is 2.92. The second kappa shape index (κ2) is 10.2. The maximum atomic E-state index is 12.0. The lowest BCUT2D eigenvalue weighted by Gasteiger charge is -2.27. The molecule has 0 aliphatic heterocycles. The quantitative estimate of drug-likeness (QED) is 0.473. The van der Waals surface area contributed by atoms with Crippen LogP contribution in [0.25, 0.3) is 0 Å². The fraction of sp³-hybridized carbons (Fsp3) is 0.812. The van der Waals surface area contributed by atoms with E-state index in [2.05, 4.69) is 17.8 Å². The maximum absolute atomic E-state index is 12.0. The number of nitrogens with one attached hydrogen (secondary N) is 2. The number of carbonyl (C=O) groups excluding carboxylic acids is 2. The van der Waals surface area contributed by atoms with E-state index in [4.69, 9.17) is 5.11 Å². The van der Waals surface area contributed by atoms with Crippen LogP contribution >= 0.6 is 0 Å². The molecule has 2 amide bonds. The zero-order valence-corrected chi connectivity index (χ0v) is 13.4. The number of aliphatic carboxylic acids is 1. The third-order valence-electron chi connectivity index (χ3n) is 4.25. The van der Waals surface area contributed by atoms with Gasteiger partial charge in [0, 0.05) is 6.42 Å². The van der Waals surface area contributed by atoms with Gasteiger partial charge in [-0.2, -0.15) is 0 Å². The molecule has 0 aromatic carbocycles. The molecule has 126 valence electrons. The number of unbranched alkanes of at least 4 members (excludes halogenated alkanes) is 4. The average molecular weight is 312 g/mol. The van der Waals surface area contributed by atoms with Gasteiger partial charge >= 0.3 is 5.97 Å². The van der Waals surface area contributed by atoms with Crippen LogP contribution in [-0.4, -0.2) is 22.9 Å². The molecule has 1 saturated carbocycles. The molecule has 6 nitrogen and oxygen atoms in total. The van der Waals surface area contributed by atoms with E-state index in [0.717, 1.165) is 38.5 Å². The van der Waals surface area contributed by atoms with Crippen molar-refractivity contribution < 1.29 is 19.5 Å². The highest BCUT2D eigenvalue weighted by atomic mass is 16.4. The van der Waals surface area contributed by atoms with E-state index in [1.165, 1.54) is 6.42 Å². The highest BCUT2D eigenvalue weighted by molar-refractivity contribution is 5.87. The van der Waals surface area contributed by atoms with Gasteiger partial charge in [0.2, 0.25) is 11.8 Å². The van der Waals surface area contributed by atoms with Gasteiger partial charge in [0.25, 0.3) is 0 Å². The molecule has 0 bridgehead atoms. The van der Waals surface area contributed by atoms with Crippen LogP contribution in [-0.2, 0) is 14.4 Å². The van der Waals surface area contributed by atoms with E-state index in [1.807, 2.05) is 0 Å². The van der Waals surface area contributed by atoms with Gasteiger partial charge in [-0.05, 0) is 19.3 Å². The summed E-state index contributed by atoms with van der Waals surface area (Å²) in [6.07, 6.45) is 8.45. The standard InChI is InChI=1S/C16H28N2O4/c1-2-3-4-5-6-11-14(19)17-18-15(20)12-9-7-8-10-13(12)16(21)22/h12-13H,2-11H2,1H3,(H,17,19)(H,18,20)(H,21,22)/t12-,13+/m1/s1. The summed E-state index contributed by atoms with van der Waals surface area (Å²) in [4.78, 5) is 34.8. The van der Waals surface area contributed by atoms with Gasteiger partial charge in [-0.15, -0.1) is 0 Å². The van der Waals surface area contributed by atoms with Crippen molar-refractivity contribution in [2.45, 2.75) is 71.1 Å². The van der Waals surface area contributed by atoms with Gasteiger partial charge < -0.3 is 5.11 Å². The molecular weight excluding hydrogens is 284 g/mol. The van der Waals surface area contributed by atoms with Gasteiger partial charge in [0.05, 0.1) is 11.8 Å². The molecule has 0 saturated heterocycles. The molecule has 22 heavy (non-hydrogen) atoms. The van der Waals surface area contributed by atoms with Gasteiger partial charge in [0.15, 0.2) is 0 Å². The normalized spacial score (nSPS) is 21.1. The maximum Gasteiger partial charge on any atom is 0.307 e. The Morgan fingerprint density at radius 1 is 0.955 bits per heavy atom. The Balaban J connectivity index is 2.26. The molecule has 0 aromatic heterocycles. The van der Waals surface area contributed by atoms with Crippen LogP contribution in [0.2, 0.25) is 0 Å². The topological polar surface area (TPSA) is 95.5 Å². The Labute approximate surface area is 132 Å². The summed E-state index contributed by atoms with van der Waals surface area (Å²) >= 11 is 0. The smallest absolute Gasteiger partial charge is 0.307 e. The molecule has 2 atom stereocenters. The van der Waals surface area contributed by atoms with Crippen molar-refractivity contribution in [3.05, 3.63) is 0 Å². The second-order valence-electron chi connectivity index (χ2n) is 6.04. The van der Waals surface area contributed by atoms with Crippen molar-refractivity contribution in [3.63, 3.8) is 0 Å². The van der Waals surface area contributed by atoms with Crippen molar-refractivity contribution in [3.8, 4) is 0 Å². The summed E-state index contributed by atoms with van der Waals surface area (Å²) < 4.78 is 0. The predicted molar refractivity (Wildman–Crippen MR) is 82.7 cm³/mol. The van der Waals surface area contributed by atoms with Crippen molar-refractivity contribution in [2.75, 3.05) is 0 Å². The van der Waals surface area contributed by atoms with Crippen LogP contribution in [0.1, 0.15) is 71.1 Å². The molecule has 3 N–H and O–H groups in total. The first-order valence-electron chi connectivity index (χ1n) is 8.37. The lowest BCUT2D eigenvalue weighted by Crippen LogP contribution is -2.47. The van der Waals surface area contributed by atoms with E-state index < -0.39 is 17.8 Å². The van der Waals surface area contributed by atoms with E-state index in [-0.39, 0.29) is 11.8 Å². The Kier molecular flexibility index (Phi) is 8.55. The summed E-state index contributed by atoms with van der Waals surface area (Å²) in [6, 6.07) is 0. The first-order chi connectivity index (χ1) is 10.6. The number of carboxylic acid groups (broad SMARTS) is 1. The summed E-state index contributed by atoms with van der Waals surface area (Å²) in [7, 11) is 0. The minimum Gasteiger partial charge on any atom is -0.481 e. The van der Waals surface area contributed by atoms with E-state index >= 15 is 0 Å². The summed E-state index contributed by atoms with van der Waals surface area (Å²) in [6.45, 7) is 2.14. The molecule has 0 radical (unpaired) electrons. The first kappa shape index (κ1) is 18.5. The molecular formula is C16H28N2O4. The highest BCUT2D eigenvalue weighted by Crippen LogP contribution is 2.30. The third-order valence-corrected chi connectivity index (χ3v) is 4.25.